The van der Waals surface area contributed by atoms with Gasteiger partial charge in [0.25, 0.3) is 0 Å². The topological polar surface area (TPSA) is 30.5 Å². The van der Waals surface area contributed by atoms with Gasteiger partial charge in [-0.05, 0) is 37.9 Å². The highest BCUT2D eigenvalue weighted by Gasteiger charge is 2.24. The Balaban J connectivity index is 2.49. The maximum Gasteiger partial charge on any atom is 0.124 e. The third kappa shape index (κ3) is 2.25. The number of hydrogen-bond donors (Lipinski definition) is 1. The van der Waals surface area contributed by atoms with Crippen molar-refractivity contribution in [3.05, 3.63) is 23.3 Å². The molecule has 1 aliphatic heterocycles. The van der Waals surface area contributed by atoms with E-state index in [9.17, 15) is 0 Å². The van der Waals surface area contributed by atoms with Crippen LogP contribution < -0.4 is 14.8 Å². The lowest BCUT2D eigenvalue weighted by Gasteiger charge is -2.21. The fraction of sp³-hybridized carbons (Fsp3) is 0.571. The molecular weight excluding hydrogens is 214 g/mol. The first-order valence-corrected chi connectivity index (χ1v) is 6.29. The van der Waals surface area contributed by atoms with Crippen LogP contribution in [0.4, 0.5) is 0 Å². The van der Waals surface area contributed by atoms with Gasteiger partial charge in [0.15, 0.2) is 0 Å². The van der Waals surface area contributed by atoms with E-state index in [1.165, 1.54) is 24.0 Å². The predicted octanol–water partition coefficient (Wildman–Crippen LogP) is 2.69. The van der Waals surface area contributed by atoms with Gasteiger partial charge in [-0.15, -0.1) is 0 Å². The maximum absolute atomic E-state index is 5.50. The lowest BCUT2D eigenvalue weighted by molar-refractivity contribution is 0.389. The summed E-state index contributed by atoms with van der Waals surface area (Å²) in [6, 6.07) is 4.42. The van der Waals surface area contributed by atoms with Crippen LogP contribution in [0.25, 0.3) is 0 Å². The van der Waals surface area contributed by atoms with E-state index in [0.717, 1.165) is 24.5 Å². The summed E-state index contributed by atoms with van der Waals surface area (Å²) in [6.45, 7) is 3.25. The van der Waals surface area contributed by atoms with Gasteiger partial charge in [-0.25, -0.2) is 0 Å². The Morgan fingerprint density at radius 3 is 2.47 bits per heavy atom. The minimum absolute atomic E-state index is 0.412. The van der Waals surface area contributed by atoms with Crippen molar-refractivity contribution in [3.63, 3.8) is 0 Å². The van der Waals surface area contributed by atoms with Crippen molar-refractivity contribution in [2.45, 2.75) is 32.2 Å². The minimum Gasteiger partial charge on any atom is -0.496 e. The highest BCUT2D eigenvalue weighted by molar-refractivity contribution is 5.50. The highest BCUT2D eigenvalue weighted by Crippen LogP contribution is 2.38. The number of nitrogens with one attached hydrogen (secondary N) is 1. The molecule has 0 aliphatic carbocycles. The molecule has 0 saturated carbocycles. The zero-order valence-electron chi connectivity index (χ0n) is 10.9. The molecule has 1 aromatic rings. The van der Waals surface area contributed by atoms with E-state index < -0.39 is 0 Å². The largest absolute Gasteiger partial charge is 0.496 e. The molecule has 94 valence electrons. The normalized spacial score (nSPS) is 19.4. The van der Waals surface area contributed by atoms with Crippen molar-refractivity contribution < 1.29 is 9.47 Å². The van der Waals surface area contributed by atoms with Crippen LogP contribution in [0, 0.1) is 0 Å². The molecule has 1 heterocycles. The molecule has 0 bridgehead atoms. The van der Waals surface area contributed by atoms with Crippen LogP contribution in [-0.2, 0) is 6.42 Å². The van der Waals surface area contributed by atoms with Crippen LogP contribution in [0.2, 0.25) is 0 Å². The third-order valence-corrected chi connectivity index (χ3v) is 3.48. The summed E-state index contributed by atoms with van der Waals surface area (Å²) in [5, 5.41) is 3.54. The van der Waals surface area contributed by atoms with Crippen LogP contribution in [0.5, 0.6) is 11.5 Å². The number of rotatable bonds is 4. The van der Waals surface area contributed by atoms with Crippen molar-refractivity contribution in [1.82, 2.24) is 5.32 Å². The first kappa shape index (κ1) is 12.2. The van der Waals surface area contributed by atoms with Crippen LogP contribution in [-0.4, -0.2) is 20.8 Å². The zero-order valence-corrected chi connectivity index (χ0v) is 10.9. The lowest BCUT2D eigenvalue weighted by Crippen LogP contribution is -2.16. The Kier molecular flexibility index (Phi) is 3.89. The van der Waals surface area contributed by atoms with Gasteiger partial charge in [0.1, 0.15) is 11.5 Å². The zero-order chi connectivity index (χ0) is 12.3. The van der Waals surface area contributed by atoms with Crippen LogP contribution in [0.3, 0.4) is 0 Å². The van der Waals surface area contributed by atoms with E-state index in [1.807, 2.05) is 12.1 Å². The van der Waals surface area contributed by atoms with Gasteiger partial charge in [0.05, 0.1) is 14.2 Å². The first-order chi connectivity index (χ1) is 8.31. The van der Waals surface area contributed by atoms with Crippen molar-refractivity contribution in [2.75, 3.05) is 20.8 Å². The summed E-state index contributed by atoms with van der Waals surface area (Å²) in [5.74, 6) is 1.94. The molecule has 1 aromatic carbocycles. The van der Waals surface area contributed by atoms with Crippen molar-refractivity contribution >= 4 is 0 Å². The Bertz CT molecular complexity index is 384. The predicted molar refractivity (Wildman–Crippen MR) is 68.9 cm³/mol. The van der Waals surface area contributed by atoms with Crippen LogP contribution >= 0.6 is 0 Å². The maximum atomic E-state index is 5.50. The summed E-state index contributed by atoms with van der Waals surface area (Å²) in [5.41, 5.74) is 2.55. The van der Waals surface area contributed by atoms with Gasteiger partial charge < -0.3 is 14.8 Å². The van der Waals surface area contributed by atoms with Gasteiger partial charge >= 0.3 is 0 Å². The Labute approximate surface area is 103 Å². The molecule has 17 heavy (non-hydrogen) atoms. The second-order valence-electron chi connectivity index (χ2n) is 4.36. The molecule has 0 aromatic heterocycles. The SMILES string of the molecule is CCc1c(OC)ccc(OC)c1C1CCCN1. The number of ether oxygens (including phenoxy) is 2. The lowest BCUT2D eigenvalue weighted by atomic mass is 9.95. The minimum atomic E-state index is 0.412. The third-order valence-electron chi connectivity index (χ3n) is 3.48. The average molecular weight is 235 g/mol. The molecule has 1 unspecified atom stereocenters. The number of methoxy groups -OCH3 is 2. The van der Waals surface area contributed by atoms with Gasteiger partial charge in [-0.3, -0.25) is 0 Å². The molecule has 1 fully saturated rings. The smallest absolute Gasteiger partial charge is 0.124 e. The van der Waals surface area contributed by atoms with E-state index in [1.54, 1.807) is 14.2 Å². The van der Waals surface area contributed by atoms with Gasteiger partial charge in [-0.1, -0.05) is 6.92 Å². The second kappa shape index (κ2) is 5.41. The summed E-state index contributed by atoms with van der Waals surface area (Å²) in [6.07, 6.45) is 3.37. The van der Waals surface area contributed by atoms with E-state index in [0.29, 0.717) is 6.04 Å². The van der Waals surface area contributed by atoms with Crippen molar-refractivity contribution in [1.29, 1.82) is 0 Å². The molecule has 3 heteroatoms. The fourth-order valence-electron chi connectivity index (χ4n) is 2.67. The summed E-state index contributed by atoms with van der Waals surface area (Å²) >= 11 is 0. The van der Waals surface area contributed by atoms with Crippen LogP contribution in [0.1, 0.15) is 36.9 Å². The second-order valence-corrected chi connectivity index (χ2v) is 4.36. The quantitative estimate of drug-likeness (QED) is 0.870. The number of benzene rings is 1. The molecule has 0 radical (unpaired) electrons. The first-order valence-electron chi connectivity index (χ1n) is 6.29. The average Bonchev–Trinajstić information content (AvgIpc) is 2.90. The highest BCUT2D eigenvalue weighted by atomic mass is 16.5. The molecule has 0 spiro atoms. The van der Waals surface area contributed by atoms with E-state index in [4.69, 9.17) is 9.47 Å². The Morgan fingerprint density at radius 1 is 1.24 bits per heavy atom. The summed E-state index contributed by atoms with van der Waals surface area (Å²) in [7, 11) is 3.46. The van der Waals surface area contributed by atoms with Gasteiger partial charge in [0, 0.05) is 17.2 Å². The molecule has 0 amide bonds. The molecule has 3 nitrogen and oxygen atoms in total. The fourth-order valence-corrected chi connectivity index (χ4v) is 2.67. The molecule has 1 atom stereocenters. The van der Waals surface area contributed by atoms with E-state index in [-0.39, 0.29) is 0 Å². The standard InChI is InChI=1S/C14H21NO2/c1-4-10-12(16-2)7-8-13(17-3)14(10)11-6-5-9-15-11/h7-8,11,15H,4-6,9H2,1-3H3. The number of hydrogen-bond acceptors (Lipinski definition) is 3. The van der Waals surface area contributed by atoms with Gasteiger partial charge in [0.2, 0.25) is 0 Å². The Hall–Kier alpha value is -1.22. The molecule has 1 aliphatic rings. The monoisotopic (exact) mass is 235 g/mol. The summed E-state index contributed by atoms with van der Waals surface area (Å²) in [4.78, 5) is 0. The molecule has 1 saturated heterocycles. The summed E-state index contributed by atoms with van der Waals surface area (Å²) < 4.78 is 11.0. The molecule has 1 N–H and O–H groups in total. The molecular formula is C14H21NO2. The van der Waals surface area contributed by atoms with Crippen LogP contribution in [0.15, 0.2) is 12.1 Å². The van der Waals surface area contributed by atoms with E-state index >= 15 is 0 Å². The van der Waals surface area contributed by atoms with E-state index in [2.05, 4.69) is 12.2 Å². The Morgan fingerprint density at radius 2 is 1.94 bits per heavy atom. The van der Waals surface area contributed by atoms with Gasteiger partial charge in [-0.2, -0.15) is 0 Å². The molecule has 2 rings (SSSR count). The van der Waals surface area contributed by atoms with Crippen molar-refractivity contribution in [3.8, 4) is 11.5 Å². The van der Waals surface area contributed by atoms with Crippen molar-refractivity contribution in [2.24, 2.45) is 0 Å².